The van der Waals surface area contributed by atoms with Crippen molar-refractivity contribution in [3.63, 3.8) is 0 Å². The summed E-state index contributed by atoms with van der Waals surface area (Å²) >= 11 is 0. The van der Waals surface area contributed by atoms with Gasteiger partial charge in [0.25, 0.3) is 0 Å². The van der Waals surface area contributed by atoms with Gasteiger partial charge in [0.15, 0.2) is 0 Å². The number of nitrogens with one attached hydrogen (secondary N) is 2. The second-order valence-corrected chi connectivity index (χ2v) is 4.11. The molecule has 0 aromatic carbocycles. The maximum Gasteiger partial charge on any atom is 0.315 e. The minimum Gasteiger partial charge on any atom is -0.335 e. The molecule has 1 atom stereocenters. The molecule has 1 heterocycles. The Balaban J connectivity index is 2.46. The Bertz CT molecular complexity index is 336. The van der Waals surface area contributed by atoms with Crippen LogP contribution in [0.4, 0.5) is 4.79 Å². The number of rotatable bonds is 5. The van der Waals surface area contributed by atoms with Crippen LogP contribution in [0, 0.1) is 0 Å². The van der Waals surface area contributed by atoms with Crippen LogP contribution in [0.2, 0.25) is 0 Å². The summed E-state index contributed by atoms with van der Waals surface area (Å²) in [5.74, 6) is 0. The number of pyridine rings is 1. The van der Waals surface area contributed by atoms with Gasteiger partial charge >= 0.3 is 6.03 Å². The van der Waals surface area contributed by atoms with E-state index in [4.69, 9.17) is 0 Å². The molecule has 0 aliphatic rings. The number of carbonyl (C=O) groups is 1. The lowest BCUT2D eigenvalue weighted by Crippen LogP contribution is -2.42. The van der Waals surface area contributed by atoms with Crippen LogP contribution < -0.4 is 10.6 Å². The Kier molecular flexibility index (Phi) is 5.46. The van der Waals surface area contributed by atoms with Gasteiger partial charge in [-0.25, -0.2) is 4.79 Å². The first-order valence-corrected chi connectivity index (χ1v) is 6.15. The zero-order valence-corrected chi connectivity index (χ0v) is 10.7. The van der Waals surface area contributed by atoms with Gasteiger partial charge in [-0.15, -0.1) is 0 Å². The van der Waals surface area contributed by atoms with Crippen molar-refractivity contribution in [1.82, 2.24) is 15.6 Å². The monoisotopic (exact) mass is 235 g/mol. The second kappa shape index (κ2) is 6.89. The normalized spacial score (nSPS) is 12.2. The van der Waals surface area contributed by atoms with Crippen LogP contribution in [0.1, 0.15) is 45.3 Å². The molecule has 94 valence electrons. The second-order valence-electron chi connectivity index (χ2n) is 4.11. The highest BCUT2D eigenvalue weighted by Crippen LogP contribution is 2.07. The Morgan fingerprint density at radius 2 is 2.00 bits per heavy atom. The van der Waals surface area contributed by atoms with E-state index in [2.05, 4.69) is 29.5 Å². The lowest BCUT2D eigenvalue weighted by atomic mass is 10.2. The summed E-state index contributed by atoms with van der Waals surface area (Å²) in [7, 11) is 0. The molecular weight excluding hydrogens is 214 g/mol. The molecule has 1 unspecified atom stereocenters. The molecule has 0 aliphatic carbocycles. The quantitative estimate of drug-likeness (QED) is 0.824. The van der Waals surface area contributed by atoms with Gasteiger partial charge in [0.1, 0.15) is 0 Å². The third kappa shape index (κ3) is 4.43. The van der Waals surface area contributed by atoms with Crippen molar-refractivity contribution >= 4 is 6.03 Å². The Morgan fingerprint density at radius 1 is 1.29 bits per heavy atom. The number of carbonyl (C=O) groups excluding carboxylic acids is 1. The van der Waals surface area contributed by atoms with Crippen LogP contribution >= 0.6 is 0 Å². The molecule has 2 amide bonds. The van der Waals surface area contributed by atoms with Gasteiger partial charge in [0, 0.05) is 12.2 Å². The van der Waals surface area contributed by atoms with Gasteiger partial charge in [-0.05, 0) is 31.9 Å². The molecule has 2 N–H and O–H groups in total. The lowest BCUT2D eigenvalue weighted by Gasteiger charge is -2.18. The van der Waals surface area contributed by atoms with Crippen LogP contribution in [0.5, 0.6) is 0 Å². The average molecular weight is 235 g/mol. The molecule has 4 nitrogen and oxygen atoms in total. The molecule has 1 aromatic heterocycles. The average Bonchev–Trinajstić information content (AvgIpc) is 2.37. The largest absolute Gasteiger partial charge is 0.335 e. The molecule has 1 aromatic rings. The summed E-state index contributed by atoms with van der Waals surface area (Å²) in [6.07, 6.45) is 3.62. The smallest absolute Gasteiger partial charge is 0.315 e. The van der Waals surface area contributed by atoms with E-state index in [1.807, 2.05) is 25.1 Å². The van der Waals surface area contributed by atoms with Crippen molar-refractivity contribution in [1.29, 1.82) is 0 Å². The summed E-state index contributed by atoms with van der Waals surface area (Å²) < 4.78 is 0. The third-order valence-corrected chi connectivity index (χ3v) is 2.80. The SMILES string of the molecule is CCC(CC)NC(=O)NC(C)c1ccccn1. The molecule has 4 heteroatoms. The molecule has 0 aliphatic heterocycles. The maximum absolute atomic E-state index is 11.7. The molecule has 0 saturated heterocycles. The van der Waals surface area contributed by atoms with Gasteiger partial charge < -0.3 is 10.6 Å². The number of amides is 2. The Morgan fingerprint density at radius 3 is 2.53 bits per heavy atom. The highest BCUT2D eigenvalue weighted by Gasteiger charge is 2.12. The summed E-state index contributed by atoms with van der Waals surface area (Å²) in [4.78, 5) is 15.9. The lowest BCUT2D eigenvalue weighted by molar-refractivity contribution is 0.233. The van der Waals surface area contributed by atoms with Crippen LogP contribution in [-0.4, -0.2) is 17.1 Å². The molecule has 0 radical (unpaired) electrons. The molecule has 0 spiro atoms. The standard InChI is InChI=1S/C13H21N3O/c1-4-11(5-2)16-13(17)15-10(3)12-8-6-7-9-14-12/h6-11H,4-5H2,1-3H3,(H2,15,16,17). The van der Waals surface area contributed by atoms with Gasteiger partial charge in [-0.2, -0.15) is 0 Å². The number of hydrogen-bond donors (Lipinski definition) is 2. The molecule has 0 bridgehead atoms. The number of nitrogens with zero attached hydrogens (tertiary/aromatic N) is 1. The van der Waals surface area contributed by atoms with Gasteiger partial charge in [-0.1, -0.05) is 19.9 Å². The van der Waals surface area contributed by atoms with Gasteiger partial charge in [0.05, 0.1) is 11.7 Å². The summed E-state index contributed by atoms with van der Waals surface area (Å²) in [6.45, 7) is 6.06. The number of aromatic nitrogens is 1. The van der Waals surface area contributed by atoms with Crippen molar-refractivity contribution in [3.05, 3.63) is 30.1 Å². The highest BCUT2D eigenvalue weighted by molar-refractivity contribution is 5.74. The van der Waals surface area contributed by atoms with E-state index in [-0.39, 0.29) is 18.1 Å². The third-order valence-electron chi connectivity index (χ3n) is 2.80. The fraction of sp³-hybridized carbons (Fsp3) is 0.538. The molecule has 0 fully saturated rings. The van der Waals surface area contributed by atoms with E-state index in [0.29, 0.717) is 0 Å². The first-order valence-electron chi connectivity index (χ1n) is 6.15. The van der Waals surface area contributed by atoms with E-state index >= 15 is 0 Å². The Labute approximate surface area is 103 Å². The van der Waals surface area contributed by atoms with E-state index in [1.165, 1.54) is 0 Å². The van der Waals surface area contributed by atoms with Crippen molar-refractivity contribution in [2.45, 2.75) is 45.7 Å². The van der Waals surface area contributed by atoms with E-state index in [0.717, 1.165) is 18.5 Å². The van der Waals surface area contributed by atoms with Gasteiger partial charge in [-0.3, -0.25) is 4.98 Å². The maximum atomic E-state index is 11.7. The van der Waals surface area contributed by atoms with Gasteiger partial charge in [0.2, 0.25) is 0 Å². The van der Waals surface area contributed by atoms with Crippen LogP contribution in [0.25, 0.3) is 0 Å². The van der Waals surface area contributed by atoms with Crippen molar-refractivity contribution in [2.75, 3.05) is 0 Å². The topological polar surface area (TPSA) is 54.0 Å². The Hall–Kier alpha value is -1.58. The van der Waals surface area contributed by atoms with Crippen LogP contribution in [-0.2, 0) is 0 Å². The summed E-state index contributed by atoms with van der Waals surface area (Å²) in [6, 6.07) is 5.72. The zero-order chi connectivity index (χ0) is 12.7. The van der Waals surface area contributed by atoms with E-state index in [9.17, 15) is 4.79 Å². The van der Waals surface area contributed by atoms with Crippen molar-refractivity contribution in [3.8, 4) is 0 Å². The number of urea groups is 1. The minimum absolute atomic E-state index is 0.0782. The zero-order valence-electron chi connectivity index (χ0n) is 10.7. The van der Waals surface area contributed by atoms with Crippen LogP contribution in [0.15, 0.2) is 24.4 Å². The first kappa shape index (κ1) is 13.5. The molecular formula is C13H21N3O. The van der Waals surface area contributed by atoms with Crippen molar-refractivity contribution in [2.24, 2.45) is 0 Å². The van der Waals surface area contributed by atoms with E-state index in [1.54, 1.807) is 6.20 Å². The predicted octanol–water partition coefficient (Wildman–Crippen LogP) is 2.63. The van der Waals surface area contributed by atoms with Crippen molar-refractivity contribution < 1.29 is 4.79 Å². The summed E-state index contributed by atoms with van der Waals surface area (Å²) in [5, 5.41) is 5.82. The fourth-order valence-electron chi connectivity index (χ4n) is 1.62. The highest BCUT2D eigenvalue weighted by atomic mass is 16.2. The minimum atomic E-state index is -0.128. The molecule has 1 rings (SSSR count). The van der Waals surface area contributed by atoms with E-state index < -0.39 is 0 Å². The summed E-state index contributed by atoms with van der Waals surface area (Å²) in [5.41, 5.74) is 0.868. The first-order chi connectivity index (χ1) is 8.17. The van der Waals surface area contributed by atoms with Crippen LogP contribution in [0.3, 0.4) is 0 Å². The predicted molar refractivity (Wildman–Crippen MR) is 68.7 cm³/mol. The molecule has 0 saturated carbocycles. The number of hydrogen-bond acceptors (Lipinski definition) is 2. The molecule has 17 heavy (non-hydrogen) atoms. The fourth-order valence-corrected chi connectivity index (χ4v) is 1.62.